The van der Waals surface area contributed by atoms with Crippen molar-refractivity contribution in [2.24, 2.45) is 0 Å². The Bertz CT molecular complexity index is 540. The average Bonchev–Trinajstić information content (AvgIpc) is 2.37. The van der Waals surface area contributed by atoms with E-state index >= 15 is 0 Å². The third-order valence-corrected chi connectivity index (χ3v) is 3.31. The van der Waals surface area contributed by atoms with E-state index in [4.69, 9.17) is 4.74 Å². The Kier molecular flexibility index (Phi) is 4.37. The van der Waals surface area contributed by atoms with Crippen molar-refractivity contribution >= 4 is 15.9 Å². The molecule has 94 valence electrons. The fourth-order valence-electron chi connectivity index (χ4n) is 1.81. The minimum atomic E-state index is -0.235. The summed E-state index contributed by atoms with van der Waals surface area (Å²) in [7, 11) is 0. The summed E-state index contributed by atoms with van der Waals surface area (Å²) in [4.78, 5) is 0. The van der Waals surface area contributed by atoms with Gasteiger partial charge >= 0.3 is 0 Å². The van der Waals surface area contributed by atoms with Crippen LogP contribution in [0.4, 0.5) is 4.39 Å². The number of ether oxygens (including phenoxy) is 1. The minimum Gasteiger partial charge on any atom is -0.488 e. The van der Waals surface area contributed by atoms with Crippen LogP contribution in [0.15, 0.2) is 42.5 Å². The molecular formula is C15H14BrFO. The zero-order valence-electron chi connectivity index (χ0n) is 10.1. The Morgan fingerprint density at radius 3 is 2.67 bits per heavy atom. The Labute approximate surface area is 115 Å². The lowest BCUT2D eigenvalue weighted by Crippen LogP contribution is -2.00. The van der Waals surface area contributed by atoms with E-state index in [1.54, 1.807) is 6.07 Å². The molecule has 1 nitrogen and oxygen atoms in total. The number of alkyl halides is 1. The maximum absolute atomic E-state index is 13.1. The molecule has 0 unspecified atom stereocenters. The van der Waals surface area contributed by atoms with Gasteiger partial charge in [0.15, 0.2) is 0 Å². The number of para-hydroxylation sites is 1. The molecule has 3 heteroatoms. The number of benzene rings is 2. The average molecular weight is 309 g/mol. The van der Waals surface area contributed by atoms with E-state index in [1.807, 2.05) is 31.2 Å². The summed E-state index contributed by atoms with van der Waals surface area (Å²) in [5, 5.41) is 0.743. The van der Waals surface area contributed by atoms with E-state index in [0.29, 0.717) is 6.61 Å². The summed E-state index contributed by atoms with van der Waals surface area (Å²) < 4.78 is 18.9. The van der Waals surface area contributed by atoms with E-state index in [9.17, 15) is 4.39 Å². The van der Waals surface area contributed by atoms with Crippen molar-refractivity contribution in [3.63, 3.8) is 0 Å². The molecule has 2 rings (SSSR count). The van der Waals surface area contributed by atoms with E-state index in [0.717, 1.165) is 27.8 Å². The normalized spacial score (nSPS) is 10.4. The first-order valence-electron chi connectivity index (χ1n) is 5.72. The molecule has 0 aliphatic rings. The van der Waals surface area contributed by atoms with E-state index in [-0.39, 0.29) is 5.82 Å². The monoisotopic (exact) mass is 308 g/mol. The zero-order valence-corrected chi connectivity index (χ0v) is 11.7. The van der Waals surface area contributed by atoms with Crippen LogP contribution in [0.2, 0.25) is 0 Å². The van der Waals surface area contributed by atoms with Gasteiger partial charge in [-0.1, -0.05) is 46.3 Å². The third-order valence-electron chi connectivity index (χ3n) is 2.71. The molecule has 0 amide bonds. The molecule has 0 aromatic heterocycles. The Hall–Kier alpha value is -1.35. The standard InChI is InChI=1S/C15H14BrFO/c1-11-4-2-6-13(9-16)15(11)18-10-12-5-3-7-14(17)8-12/h2-8H,9-10H2,1H3. The van der Waals surface area contributed by atoms with Crippen molar-refractivity contribution in [1.29, 1.82) is 0 Å². The molecule has 0 spiro atoms. The van der Waals surface area contributed by atoms with Gasteiger partial charge in [0.05, 0.1) is 0 Å². The summed E-state index contributed by atoms with van der Waals surface area (Å²) in [5.74, 6) is 0.639. The summed E-state index contributed by atoms with van der Waals surface area (Å²) in [6, 6.07) is 12.5. The second-order valence-electron chi connectivity index (χ2n) is 4.12. The lowest BCUT2D eigenvalue weighted by Gasteiger charge is -2.12. The van der Waals surface area contributed by atoms with Crippen LogP contribution in [0.25, 0.3) is 0 Å². The molecule has 2 aromatic carbocycles. The maximum atomic E-state index is 13.1. The molecule has 0 N–H and O–H groups in total. The van der Waals surface area contributed by atoms with Crippen LogP contribution in [0.1, 0.15) is 16.7 Å². The number of hydrogen-bond acceptors (Lipinski definition) is 1. The fourth-order valence-corrected chi connectivity index (χ4v) is 2.25. The largest absolute Gasteiger partial charge is 0.488 e. The lowest BCUT2D eigenvalue weighted by atomic mass is 10.1. The van der Waals surface area contributed by atoms with Crippen LogP contribution in [0.5, 0.6) is 5.75 Å². The van der Waals surface area contributed by atoms with Gasteiger partial charge in [0.2, 0.25) is 0 Å². The minimum absolute atomic E-state index is 0.235. The van der Waals surface area contributed by atoms with Crippen molar-refractivity contribution in [2.45, 2.75) is 18.9 Å². The van der Waals surface area contributed by atoms with Gasteiger partial charge in [0.25, 0.3) is 0 Å². The van der Waals surface area contributed by atoms with Crippen LogP contribution >= 0.6 is 15.9 Å². The van der Waals surface area contributed by atoms with Crippen molar-refractivity contribution in [1.82, 2.24) is 0 Å². The van der Waals surface area contributed by atoms with E-state index in [2.05, 4.69) is 15.9 Å². The topological polar surface area (TPSA) is 9.23 Å². The molecule has 0 fully saturated rings. The number of aryl methyl sites for hydroxylation is 1. The molecule has 0 saturated carbocycles. The predicted molar refractivity (Wildman–Crippen MR) is 74.5 cm³/mol. The van der Waals surface area contributed by atoms with E-state index in [1.165, 1.54) is 12.1 Å². The molecule has 0 atom stereocenters. The molecule has 0 bridgehead atoms. The van der Waals surface area contributed by atoms with Crippen molar-refractivity contribution in [2.75, 3.05) is 0 Å². The molecular weight excluding hydrogens is 295 g/mol. The molecule has 18 heavy (non-hydrogen) atoms. The van der Waals surface area contributed by atoms with Crippen molar-refractivity contribution in [3.05, 3.63) is 65.0 Å². The molecule has 0 heterocycles. The van der Waals surface area contributed by atoms with Gasteiger partial charge in [-0.05, 0) is 30.2 Å². The highest BCUT2D eigenvalue weighted by atomic mass is 79.9. The highest BCUT2D eigenvalue weighted by molar-refractivity contribution is 9.08. The molecule has 0 aliphatic carbocycles. The smallest absolute Gasteiger partial charge is 0.126 e. The quantitative estimate of drug-likeness (QED) is 0.750. The Morgan fingerprint density at radius 2 is 1.94 bits per heavy atom. The van der Waals surface area contributed by atoms with Crippen molar-refractivity contribution < 1.29 is 9.13 Å². The zero-order chi connectivity index (χ0) is 13.0. The summed E-state index contributed by atoms with van der Waals surface area (Å²) >= 11 is 3.44. The summed E-state index contributed by atoms with van der Waals surface area (Å²) in [6.07, 6.45) is 0. The first-order valence-corrected chi connectivity index (χ1v) is 6.84. The number of halogens is 2. The molecule has 0 radical (unpaired) electrons. The summed E-state index contributed by atoms with van der Waals surface area (Å²) in [6.45, 7) is 2.38. The van der Waals surface area contributed by atoms with Crippen LogP contribution in [0.3, 0.4) is 0 Å². The first kappa shape index (κ1) is 13.1. The Balaban J connectivity index is 2.15. The van der Waals surface area contributed by atoms with Crippen molar-refractivity contribution in [3.8, 4) is 5.75 Å². The van der Waals surface area contributed by atoms with Crippen LogP contribution in [0, 0.1) is 12.7 Å². The van der Waals surface area contributed by atoms with Gasteiger partial charge in [-0.25, -0.2) is 4.39 Å². The molecule has 0 aliphatic heterocycles. The van der Waals surface area contributed by atoms with Crippen LogP contribution in [-0.4, -0.2) is 0 Å². The fraction of sp³-hybridized carbons (Fsp3) is 0.200. The van der Waals surface area contributed by atoms with Crippen LogP contribution in [-0.2, 0) is 11.9 Å². The maximum Gasteiger partial charge on any atom is 0.126 e. The summed E-state index contributed by atoms with van der Waals surface area (Å²) in [5.41, 5.74) is 3.02. The van der Waals surface area contributed by atoms with Gasteiger partial charge in [0.1, 0.15) is 18.2 Å². The second kappa shape index (κ2) is 6.01. The van der Waals surface area contributed by atoms with Crippen LogP contribution < -0.4 is 4.74 Å². The third kappa shape index (κ3) is 3.10. The number of hydrogen-bond donors (Lipinski definition) is 0. The predicted octanol–water partition coefficient (Wildman–Crippen LogP) is 4.61. The highest BCUT2D eigenvalue weighted by Gasteiger charge is 2.06. The molecule has 2 aromatic rings. The first-order chi connectivity index (χ1) is 8.70. The van der Waals surface area contributed by atoms with Gasteiger partial charge in [-0.2, -0.15) is 0 Å². The van der Waals surface area contributed by atoms with Gasteiger partial charge in [0, 0.05) is 10.9 Å². The number of rotatable bonds is 4. The Morgan fingerprint density at radius 1 is 1.17 bits per heavy atom. The highest BCUT2D eigenvalue weighted by Crippen LogP contribution is 2.26. The molecule has 0 saturated heterocycles. The van der Waals surface area contributed by atoms with Gasteiger partial charge in [-0.15, -0.1) is 0 Å². The van der Waals surface area contributed by atoms with Gasteiger partial charge < -0.3 is 4.74 Å². The second-order valence-corrected chi connectivity index (χ2v) is 4.68. The van der Waals surface area contributed by atoms with Gasteiger partial charge in [-0.3, -0.25) is 0 Å². The lowest BCUT2D eigenvalue weighted by molar-refractivity contribution is 0.301. The van der Waals surface area contributed by atoms with E-state index < -0.39 is 0 Å². The SMILES string of the molecule is Cc1cccc(CBr)c1OCc1cccc(F)c1.